The molecule has 2 rings (SSSR count). The molecule has 0 aliphatic carbocycles. The normalized spacial score (nSPS) is 12.6. The molecule has 0 saturated carbocycles. The second kappa shape index (κ2) is 6.28. The number of fused-ring (bicyclic) bond motifs is 1. The number of carbonyl (C=O) groups is 1. The maximum absolute atomic E-state index is 14.0. The molecule has 0 aliphatic rings. The lowest BCUT2D eigenvalue weighted by atomic mass is 10.2. The number of benzene rings is 1. The van der Waals surface area contributed by atoms with Gasteiger partial charge in [-0.3, -0.25) is 4.79 Å². The van der Waals surface area contributed by atoms with Crippen LogP contribution in [-0.2, 0) is 16.1 Å². The van der Waals surface area contributed by atoms with Gasteiger partial charge < -0.3 is 9.30 Å². The quantitative estimate of drug-likeness (QED) is 0.870. The van der Waals surface area contributed by atoms with Crippen LogP contribution in [0.4, 0.5) is 4.39 Å². The fraction of sp³-hybridized carbons (Fsp3) is 0.429. The van der Waals surface area contributed by atoms with Gasteiger partial charge in [0.05, 0.1) is 16.8 Å². The number of ether oxygens (including phenoxy) is 1. The Morgan fingerprint density at radius 1 is 1.50 bits per heavy atom. The van der Waals surface area contributed by atoms with Gasteiger partial charge in [0.1, 0.15) is 5.82 Å². The summed E-state index contributed by atoms with van der Waals surface area (Å²) in [5, 5.41) is 0. The number of carbonyl (C=O) groups excluding carboxylic acids is 1. The first kappa shape index (κ1) is 14.9. The minimum Gasteiger partial charge on any atom is -0.383 e. The van der Waals surface area contributed by atoms with Crippen LogP contribution >= 0.6 is 11.3 Å². The van der Waals surface area contributed by atoms with Crippen molar-refractivity contribution in [3.05, 3.63) is 28.8 Å². The summed E-state index contributed by atoms with van der Waals surface area (Å²) in [4.78, 5) is 16.4. The molecule has 20 heavy (non-hydrogen) atoms. The second-order valence-corrected chi connectivity index (χ2v) is 5.73. The summed E-state index contributed by atoms with van der Waals surface area (Å²) in [6.45, 7) is 4.48. The molecule has 108 valence electrons. The standard InChI is InChI=1S/C14H17FN2O2S/c1-9(2)13(18)16-14-17(7-8-19-3)12-10(15)5-4-6-11(12)20-14/h4-6,9H,7-8H2,1-3H3. The van der Waals surface area contributed by atoms with Gasteiger partial charge in [-0.15, -0.1) is 0 Å². The molecule has 0 radical (unpaired) electrons. The summed E-state index contributed by atoms with van der Waals surface area (Å²) >= 11 is 1.31. The highest BCUT2D eigenvalue weighted by Crippen LogP contribution is 2.20. The average Bonchev–Trinajstić information content (AvgIpc) is 2.75. The van der Waals surface area contributed by atoms with E-state index in [1.807, 2.05) is 6.07 Å². The number of methoxy groups -OCH3 is 1. The van der Waals surface area contributed by atoms with E-state index in [1.165, 1.54) is 17.4 Å². The van der Waals surface area contributed by atoms with E-state index in [4.69, 9.17) is 4.74 Å². The predicted octanol–water partition coefficient (Wildman–Crippen LogP) is 2.57. The number of thiazole rings is 1. The van der Waals surface area contributed by atoms with E-state index in [-0.39, 0.29) is 17.6 Å². The molecule has 0 N–H and O–H groups in total. The molecule has 1 aromatic heterocycles. The van der Waals surface area contributed by atoms with E-state index >= 15 is 0 Å². The van der Waals surface area contributed by atoms with E-state index in [0.717, 1.165) is 4.70 Å². The molecule has 6 heteroatoms. The van der Waals surface area contributed by atoms with Gasteiger partial charge in [0, 0.05) is 19.6 Å². The molecule has 0 atom stereocenters. The SMILES string of the molecule is COCCn1c(=NC(=O)C(C)C)sc2cccc(F)c21. The van der Waals surface area contributed by atoms with Crippen molar-refractivity contribution in [2.24, 2.45) is 10.9 Å². The third-order valence-electron chi connectivity index (χ3n) is 2.87. The number of nitrogens with zero attached hydrogens (tertiary/aromatic N) is 2. The lowest BCUT2D eigenvalue weighted by Gasteiger charge is -2.05. The second-order valence-electron chi connectivity index (χ2n) is 4.72. The van der Waals surface area contributed by atoms with Gasteiger partial charge in [-0.2, -0.15) is 4.99 Å². The number of amides is 1. The fourth-order valence-corrected chi connectivity index (χ4v) is 2.86. The first-order valence-corrected chi connectivity index (χ1v) is 7.21. The van der Waals surface area contributed by atoms with Crippen molar-refractivity contribution >= 4 is 27.5 Å². The van der Waals surface area contributed by atoms with Crippen LogP contribution < -0.4 is 4.80 Å². The molecule has 4 nitrogen and oxygen atoms in total. The van der Waals surface area contributed by atoms with Crippen molar-refractivity contribution in [1.29, 1.82) is 0 Å². The van der Waals surface area contributed by atoms with Crippen molar-refractivity contribution in [3.63, 3.8) is 0 Å². The summed E-state index contributed by atoms with van der Waals surface area (Å²) in [5.41, 5.74) is 0.477. The molecule has 2 aromatic rings. The van der Waals surface area contributed by atoms with Crippen LogP contribution in [0, 0.1) is 11.7 Å². The Labute approximate surface area is 120 Å². The zero-order valence-corrected chi connectivity index (χ0v) is 12.5. The Morgan fingerprint density at radius 3 is 2.90 bits per heavy atom. The number of hydrogen-bond acceptors (Lipinski definition) is 3. The van der Waals surface area contributed by atoms with Gasteiger partial charge in [-0.25, -0.2) is 4.39 Å². The van der Waals surface area contributed by atoms with E-state index in [2.05, 4.69) is 4.99 Å². The zero-order valence-electron chi connectivity index (χ0n) is 11.7. The van der Waals surface area contributed by atoms with E-state index in [9.17, 15) is 9.18 Å². The highest BCUT2D eigenvalue weighted by Gasteiger charge is 2.12. The van der Waals surface area contributed by atoms with Crippen molar-refractivity contribution in [2.75, 3.05) is 13.7 Å². The van der Waals surface area contributed by atoms with Gasteiger partial charge in [0.25, 0.3) is 5.91 Å². The van der Waals surface area contributed by atoms with Crippen molar-refractivity contribution in [2.45, 2.75) is 20.4 Å². The maximum atomic E-state index is 14.0. The Kier molecular flexibility index (Phi) is 4.67. The minimum atomic E-state index is -0.312. The lowest BCUT2D eigenvalue weighted by molar-refractivity contribution is -0.120. The fourth-order valence-electron chi connectivity index (χ4n) is 1.79. The van der Waals surface area contributed by atoms with E-state index in [0.29, 0.717) is 23.5 Å². The highest BCUT2D eigenvalue weighted by molar-refractivity contribution is 7.16. The van der Waals surface area contributed by atoms with Crippen LogP contribution in [0.25, 0.3) is 10.2 Å². The number of aromatic nitrogens is 1. The number of rotatable bonds is 4. The van der Waals surface area contributed by atoms with Gasteiger partial charge in [0.15, 0.2) is 4.80 Å². The van der Waals surface area contributed by atoms with Crippen LogP contribution in [0.2, 0.25) is 0 Å². The first-order valence-electron chi connectivity index (χ1n) is 6.40. The third-order valence-corrected chi connectivity index (χ3v) is 3.91. The zero-order chi connectivity index (χ0) is 14.7. The van der Waals surface area contributed by atoms with Crippen LogP contribution in [0.15, 0.2) is 23.2 Å². The summed E-state index contributed by atoms with van der Waals surface area (Å²) in [6, 6.07) is 4.89. The molecule has 1 aromatic carbocycles. The van der Waals surface area contributed by atoms with Crippen LogP contribution in [-0.4, -0.2) is 24.2 Å². The molecule has 1 heterocycles. The molecule has 0 unspecified atom stereocenters. The molecule has 0 fully saturated rings. The van der Waals surface area contributed by atoms with Crippen molar-refractivity contribution in [1.82, 2.24) is 4.57 Å². The topological polar surface area (TPSA) is 43.6 Å². The number of para-hydroxylation sites is 1. The Bertz CT molecular complexity index is 688. The Balaban J connectivity index is 2.64. The lowest BCUT2D eigenvalue weighted by Crippen LogP contribution is -2.21. The smallest absolute Gasteiger partial charge is 0.250 e. The summed E-state index contributed by atoms with van der Waals surface area (Å²) in [5.74, 6) is -0.697. The third kappa shape index (κ3) is 2.96. The van der Waals surface area contributed by atoms with Crippen molar-refractivity contribution < 1.29 is 13.9 Å². The molecule has 0 aliphatic heterocycles. The Morgan fingerprint density at radius 2 is 2.25 bits per heavy atom. The monoisotopic (exact) mass is 296 g/mol. The molecular weight excluding hydrogens is 279 g/mol. The molecule has 0 saturated heterocycles. The Hall–Kier alpha value is -1.53. The molecule has 1 amide bonds. The molecule has 0 bridgehead atoms. The van der Waals surface area contributed by atoms with Gasteiger partial charge >= 0.3 is 0 Å². The number of hydrogen-bond donors (Lipinski definition) is 0. The maximum Gasteiger partial charge on any atom is 0.250 e. The van der Waals surface area contributed by atoms with Crippen LogP contribution in [0.1, 0.15) is 13.8 Å². The molecular formula is C14H17FN2O2S. The van der Waals surface area contributed by atoms with Gasteiger partial charge in [-0.05, 0) is 12.1 Å². The van der Waals surface area contributed by atoms with Gasteiger partial charge in [0.2, 0.25) is 0 Å². The average molecular weight is 296 g/mol. The minimum absolute atomic E-state index is 0.180. The van der Waals surface area contributed by atoms with Gasteiger partial charge in [-0.1, -0.05) is 31.3 Å². The summed E-state index contributed by atoms with van der Waals surface area (Å²) in [6.07, 6.45) is 0. The summed E-state index contributed by atoms with van der Waals surface area (Å²) < 4.78 is 21.5. The first-order chi connectivity index (χ1) is 9.54. The summed E-state index contributed by atoms with van der Waals surface area (Å²) in [7, 11) is 1.58. The van der Waals surface area contributed by atoms with Crippen molar-refractivity contribution in [3.8, 4) is 0 Å². The predicted molar refractivity (Wildman–Crippen MR) is 77.1 cm³/mol. The molecule has 0 spiro atoms. The highest BCUT2D eigenvalue weighted by atomic mass is 32.1. The largest absolute Gasteiger partial charge is 0.383 e. The van der Waals surface area contributed by atoms with E-state index in [1.54, 1.807) is 31.6 Å². The van der Waals surface area contributed by atoms with Crippen LogP contribution in [0.3, 0.4) is 0 Å². The van der Waals surface area contributed by atoms with Crippen LogP contribution in [0.5, 0.6) is 0 Å². The van der Waals surface area contributed by atoms with E-state index < -0.39 is 0 Å². The number of halogens is 1.